The molecular weight excluding hydrogens is 294 g/mol. The van der Waals surface area contributed by atoms with Crippen LogP contribution in [0.15, 0.2) is 28.0 Å². The Morgan fingerprint density at radius 3 is 2.76 bits per heavy atom. The number of aryl methyl sites for hydroxylation is 1. The molecule has 0 radical (unpaired) electrons. The van der Waals surface area contributed by atoms with Crippen LogP contribution in [-0.2, 0) is 29.7 Å². The first-order valence-corrected chi connectivity index (χ1v) is 7.97. The highest BCUT2D eigenvalue weighted by Crippen LogP contribution is 2.16. The highest BCUT2D eigenvalue weighted by atomic mass is 32.2. The van der Waals surface area contributed by atoms with E-state index in [0.717, 1.165) is 16.7 Å². The van der Waals surface area contributed by atoms with E-state index in [9.17, 15) is 8.42 Å². The molecule has 0 aliphatic heterocycles. The number of furan rings is 1. The summed E-state index contributed by atoms with van der Waals surface area (Å²) in [4.78, 5) is 0. The summed E-state index contributed by atoms with van der Waals surface area (Å²) in [5.74, 6) is 1.38. The fraction of sp³-hybridized carbons (Fsp3) is 0.500. The summed E-state index contributed by atoms with van der Waals surface area (Å²) in [7, 11) is -0.591. The summed E-state index contributed by atoms with van der Waals surface area (Å²) in [5, 5.41) is 10.9. The first kappa shape index (κ1) is 15.7. The Bertz CT molecular complexity index is 689. The van der Waals surface area contributed by atoms with Crippen LogP contribution in [0.2, 0.25) is 0 Å². The average molecular weight is 313 g/mol. The molecule has 0 fully saturated rings. The zero-order chi connectivity index (χ0) is 15.5. The largest absolute Gasteiger partial charge is 0.447 e. The molecule has 0 spiro atoms. The maximum atomic E-state index is 11.9. The van der Waals surface area contributed by atoms with Crippen molar-refractivity contribution < 1.29 is 12.8 Å². The zero-order valence-electron chi connectivity index (χ0n) is 12.3. The standard InChI is InChI=1S/C12H19N5O3S/c1-4-17-9-14-15-11(17)8-13-7-10-5-6-12(20-10)21(18,19)16(2)3/h5-6,9,13H,4,7-8H2,1-3H3. The smallest absolute Gasteiger partial charge is 0.275 e. The third-order valence-electron chi connectivity index (χ3n) is 2.99. The van der Waals surface area contributed by atoms with Crippen molar-refractivity contribution in [3.8, 4) is 0 Å². The van der Waals surface area contributed by atoms with Crippen molar-refractivity contribution in [3.63, 3.8) is 0 Å². The van der Waals surface area contributed by atoms with Crippen molar-refractivity contribution in [3.05, 3.63) is 30.0 Å². The molecule has 8 nitrogen and oxygen atoms in total. The summed E-state index contributed by atoms with van der Waals surface area (Å²) in [6.07, 6.45) is 1.67. The fourth-order valence-electron chi connectivity index (χ4n) is 1.75. The number of rotatable bonds is 7. The van der Waals surface area contributed by atoms with Gasteiger partial charge in [0.25, 0.3) is 10.0 Å². The van der Waals surface area contributed by atoms with Crippen molar-refractivity contribution in [2.75, 3.05) is 14.1 Å². The lowest BCUT2D eigenvalue weighted by atomic mass is 10.4. The van der Waals surface area contributed by atoms with Crippen LogP contribution in [0.4, 0.5) is 0 Å². The van der Waals surface area contributed by atoms with E-state index < -0.39 is 10.0 Å². The summed E-state index contributed by atoms with van der Waals surface area (Å²) >= 11 is 0. The van der Waals surface area contributed by atoms with Gasteiger partial charge in [-0.3, -0.25) is 0 Å². The molecule has 0 aliphatic carbocycles. The molecule has 0 saturated heterocycles. The van der Waals surface area contributed by atoms with E-state index in [0.29, 0.717) is 18.8 Å². The van der Waals surface area contributed by atoms with Crippen LogP contribution in [0.3, 0.4) is 0 Å². The van der Waals surface area contributed by atoms with Crippen LogP contribution in [0.5, 0.6) is 0 Å². The maximum Gasteiger partial charge on any atom is 0.275 e. The lowest BCUT2D eigenvalue weighted by molar-refractivity contribution is 0.387. The molecule has 2 heterocycles. The summed E-state index contributed by atoms with van der Waals surface area (Å²) < 4.78 is 32.2. The molecule has 21 heavy (non-hydrogen) atoms. The van der Waals surface area contributed by atoms with Crippen LogP contribution in [0.1, 0.15) is 18.5 Å². The monoisotopic (exact) mass is 313 g/mol. The number of hydrogen-bond acceptors (Lipinski definition) is 6. The first-order valence-electron chi connectivity index (χ1n) is 6.53. The third-order valence-corrected chi connectivity index (χ3v) is 4.68. The highest BCUT2D eigenvalue weighted by molar-refractivity contribution is 7.88. The number of nitrogens with zero attached hydrogens (tertiary/aromatic N) is 4. The van der Waals surface area contributed by atoms with Gasteiger partial charge in [0.15, 0.2) is 0 Å². The van der Waals surface area contributed by atoms with Gasteiger partial charge in [0.2, 0.25) is 5.09 Å². The molecule has 0 bridgehead atoms. The molecule has 2 aromatic rings. The van der Waals surface area contributed by atoms with E-state index in [1.165, 1.54) is 20.2 Å². The van der Waals surface area contributed by atoms with Gasteiger partial charge in [-0.1, -0.05) is 0 Å². The summed E-state index contributed by atoms with van der Waals surface area (Å²) in [6.45, 7) is 3.76. The predicted octanol–water partition coefficient (Wildman–Crippen LogP) is 0.431. The molecule has 0 saturated carbocycles. The molecule has 0 aliphatic rings. The number of aromatic nitrogens is 3. The summed E-state index contributed by atoms with van der Waals surface area (Å²) in [6, 6.07) is 3.11. The van der Waals surface area contributed by atoms with Gasteiger partial charge < -0.3 is 14.3 Å². The van der Waals surface area contributed by atoms with Crippen LogP contribution >= 0.6 is 0 Å². The summed E-state index contributed by atoms with van der Waals surface area (Å²) in [5.41, 5.74) is 0. The Morgan fingerprint density at radius 1 is 1.33 bits per heavy atom. The van der Waals surface area contributed by atoms with Crippen LogP contribution in [-0.4, -0.2) is 41.6 Å². The van der Waals surface area contributed by atoms with Gasteiger partial charge in [0.1, 0.15) is 17.9 Å². The van der Waals surface area contributed by atoms with E-state index >= 15 is 0 Å². The Morgan fingerprint density at radius 2 is 2.10 bits per heavy atom. The normalized spacial score (nSPS) is 12.2. The second kappa shape index (κ2) is 6.37. The zero-order valence-corrected chi connectivity index (χ0v) is 13.1. The second-order valence-corrected chi connectivity index (χ2v) is 6.73. The topological polar surface area (TPSA) is 93.3 Å². The molecule has 2 rings (SSSR count). The van der Waals surface area contributed by atoms with Gasteiger partial charge in [-0.25, -0.2) is 12.7 Å². The van der Waals surface area contributed by atoms with Gasteiger partial charge in [-0.2, -0.15) is 0 Å². The molecular formula is C12H19N5O3S. The van der Waals surface area contributed by atoms with Gasteiger partial charge in [-0.05, 0) is 19.1 Å². The number of hydrogen-bond donors (Lipinski definition) is 1. The Balaban J connectivity index is 1.95. The minimum Gasteiger partial charge on any atom is -0.447 e. The van der Waals surface area contributed by atoms with E-state index in [1.807, 2.05) is 11.5 Å². The fourth-order valence-corrected chi connectivity index (χ4v) is 2.56. The van der Waals surface area contributed by atoms with Crippen molar-refractivity contribution >= 4 is 10.0 Å². The van der Waals surface area contributed by atoms with Crippen molar-refractivity contribution in [1.82, 2.24) is 24.4 Å². The quantitative estimate of drug-likeness (QED) is 0.797. The molecule has 2 aromatic heterocycles. The van der Waals surface area contributed by atoms with Gasteiger partial charge >= 0.3 is 0 Å². The molecule has 116 valence electrons. The Labute approximate surface area is 123 Å². The van der Waals surface area contributed by atoms with E-state index in [1.54, 1.807) is 12.4 Å². The molecule has 0 amide bonds. The lowest BCUT2D eigenvalue weighted by Crippen LogP contribution is -2.21. The molecule has 0 unspecified atom stereocenters. The maximum absolute atomic E-state index is 11.9. The van der Waals surface area contributed by atoms with Crippen LogP contribution < -0.4 is 5.32 Å². The second-order valence-electron chi connectivity index (χ2n) is 4.64. The Kier molecular flexibility index (Phi) is 4.76. The molecule has 0 atom stereocenters. The first-order chi connectivity index (χ1) is 9.95. The third kappa shape index (κ3) is 3.49. The SMILES string of the molecule is CCn1cnnc1CNCc1ccc(S(=O)(=O)N(C)C)o1. The van der Waals surface area contributed by atoms with E-state index in [-0.39, 0.29) is 5.09 Å². The van der Waals surface area contributed by atoms with E-state index in [2.05, 4.69) is 15.5 Å². The average Bonchev–Trinajstić information content (AvgIpc) is 3.07. The molecule has 1 N–H and O–H groups in total. The van der Waals surface area contributed by atoms with Gasteiger partial charge in [0, 0.05) is 20.6 Å². The minimum atomic E-state index is -3.52. The predicted molar refractivity (Wildman–Crippen MR) is 75.8 cm³/mol. The molecule has 0 aromatic carbocycles. The van der Waals surface area contributed by atoms with Gasteiger partial charge in [-0.15, -0.1) is 10.2 Å². The lowest BCUT2D eigenvalue weighted by Gasteiger charge is -2.08. The number of nitrogens with one attached hydrogen (secondary N) is 1. The highest BCUT2D eigenvalue weighted by Gasteiger charge is 2.21. The van der Waals surface area contributed by atoms with Crippen LogP contribution in [0.25, 0.3) is 0 Å². The number of sulfonamides is 1. The van der Waals surface area contributed by atoms with E-state index in [4.69, 9.17) is 4.42 Å². The van der Waals surface area contributed by atoms with Crippen molar-refractivity contribution in [2.45, 2.75) is 31.7 Å². The van der Waals surface area contributed by atoms with Crippen molar-refractivity contribution in [1.29, 1.82) is 0 Å². The van der Waals surface area contributed by atoms with Gasteiger partial charge in [0.05, 0.1) is 13.1 Å². The van der Waals surface area contributed by atoms with Crippen molar-refractivity contribution in [2.24, 2.45) is 0 Å². The minimum absolute atomic E-state index is 0.0546. The Hall–Kier alpha value is -1.71. The molecule has 9 heteroatoms. The van der Waals surface area contributed by atoms with Crippen LogP contribution in [0, 0.1) is 0 Å².